The summed E-state index contributed by atoms with van der Waals surface area (Å²) in [6.45, 7) is 26.7. The molecule has 0 saturated carbocycles. The van der Waals surface area contributed by atoms with Crippen molar-refractivity contribution < 1.29 is 4.11 Å². The second-order valence-corrected chi connectivity index (χ2v) is 25.8. The Kier molecular flexibility index (Phi) is 7.79. The molecule has 0 atom stereocenters. The molecule has 0 spiro atoms. The van der Waals surface area contributed by atoms with Crippen LogP contribution in [0.1, 0.15) is 165 Å². The first-order valence-corrected chi connectivity index (χ1v) is 25.3. The fraction of sp³-hybridized carbons (Fsp3) is 0.410. The number of benzene rings is 6. The van der Waals surface area contributed by atoms with Crippen molar-refractivity contribution in [2.75, 3.05) is 9.80 Å². The third-order valence-corrected chi connectivity index (χ3v) is 18.9. The maximum atomic E-state index is 9.20. The second kappa shape index (κ2) is 13.2. The van der Waals surface area contributed by atoms with E-state index in [0.29, 0.717) is 5.56 Å². The standard InChI is InChI=1S/C61H67BN2S/c1-36-28-51-55-52(29-36)64(38-18-20-41-42(31-38)57(4,5)23-22-56(41,2)3)50-35-46-44(59(8,9)25-27-61(46,12)13)33-48(50)62(55)47-32-43-45(60(10,11)26-24-58(43,6)7)34-49(47)63(51)37-19-21-54-40(30-37)39-16-14-15-17-53(39)65-54/h14-21,28-35H,22-27H2,1-13H3/i1D3. The zero-order valence-electron chi connectivity index (χ0n) is 43.9. The molecule has 0 unspecified atom stereocenters. The summed E-state index contributed by atoms with van der Waals surface area (Å²) >= 11 is 1.84. The van der Waals surface area contributed by atoms with Gasteiger partial charge in [-0.25, -0.2) is 0 Å². The van der Waals surface area contributed by atoms with Crippen LogP contribution in [0.3, 0.4) is 0 Å². The minimum atomic E-state index is -2.35. The van der Waals surface area contributed by atoms with Gasteiger partial charge in [-0.15, -0.1) is 11.3 Å². The molecule has 2 aliphatic heterocycles. The largest absolute Gasteiger partial charge is 0.311 e. The fourth-order valence-corrected chi connectivity index (χ4v) is 14.3. The van der Waals surface area contributed by atoms with E-state index in [0.717, 1.165) is 67.0 Å². The molecule has 0 radical (unpaired) electrons. The molecular formula is C61H67BN2S. The Morgan fingerprint density at radius 1 is 0.431 bits per heavy atom. The first-order valence-electron chi connectivity index (χ1n) is 26.0. The predicted octanol–water partition coefficient (Wildman–Crippen LogP) is 15.5. The highest BCUT2D eigenvalue weighted by molar-refractivity contribution is 7.25. The van der Waals surface area contributed by atoms with E-state index in [9.17, 15) is 4.11 Å². The Bertz CT molecular complexity index is 3330. The molecule has 0 fully saturated rings. The molecule has 4 heteroatoms. The number of nitrogens with zero attached hydrogens (tertiary/aromatic N) is 2. The maximum absolute atomic E-state index is 9.20. The van der Waals surface area contributed by atoms with Crippen LogP contribution in [0, 0.1) is 6.85 Å². The van der Waals surface area contributed by atoms with E-state index >= 15 is 0 Å². The zero-order valence-corrected chi connectivity index (χ0v) is 41.7. The van der Waals surface area contributed by atoms with Crippen molar-refractivity contribution in [3.05, 3.63) is 136 Å². The van der Waals surface area contributed by atoms with Gasteiger partial charge in [-0.1, -0.05) is 119 Å². The van der Waals surface area contributed by atoms with Crippen LogP contribution in [0.2, 0.25) is 0 Å². The topological polar surface area (TPSA) is 6.48 Å². The van der Waals surface area contributed by atoms with E-state index < -0.39 is 6.85 Å². The van der Waals surface area contributed by atoms with Gasteiger partial charge in [-0.2, -0.15) is 0 Å². The van der Waals surface area contributed by atoms with Crippen molar-refractivity contribution in [3.63, 3.8) is 0 Å². The third-order valence-electron chi connectivity index (χ3n) is 17.7. The van der Waals surface area contributed by atoms with Gasteiger partial charge in [0, 0.05) is 58.4 Å². The number of hydrogen-bond donors (Lipinski definition) is 0. The zero-order chi connectivity index (χ0) is 48.0. The number of rotatable bonds is 2. The van der Waals surface area contributed by atoms with Crippen molar-refractivity contribution >= 4 is 88.7 Å². The van der Waals surface area contributed by atoms with Crippen molar-refractivity contribution in [2.24, 2.45) is 0 Å². The molecule has 5 aliphatic rings. The first-order chi connectivity index (χ1) is 31.8. The van der Waals surface area contributed by atoms with Crippen LogP contribution in [-0.4, -0.2) is 6.71 Å². The fourth-order valence-electron chi connectivity index (χ4n) is 13.2. The summed E-state index contributed by atoms with van der Waals surface area (Å²) in [5.41, 5.74) is 19.1. The van der Waals surface area contributed by atoms with Crippen molar-refractivity contribution in [1.82, 2.24) is 0 Å². The molecule has 65 heavy (non-hydrogen) atoms. The Balaban J connectivity index is 1.24. The van der Waals surface area contributed by atoms with Gasteiger partial charge in [0.1, 0.15) is 0 Å². The monoisotopic (exact) mass is 874 g/mol. The summed E-state index contributed by atoms with van der Waals surface area (Å²) in [6.07, 6.45) is 6.73. The van der Waals surface area contributed by atoms with Crippen LogP contribution in [0.5, 0.6) is 0 Å². The summed E-state index contributed by atoms with van der Waals surface area (Å²) in [5.74, 6) is 0. The van der Waals surface area contributed by atoms with Crippen molar-refractivity contribution in [3.8, 4) is 0 Å². The van der Waals surface area contributed by atoms with E-state index in [1.54, 1.807) is 0 Å². The van der Waals surface area contributed by atoms with Gasteiger partial charge in [-0.3, -0.25) is 0 Å². The minimum absolute atomic E-state index is 0.00944. The molecule has 2 nitrogen and oxygen atoms in total. The van der Waals surface area contributed by atoms with Gasteiger partial charge in [0.25, 0.3) is 6.71 Å². The third kappa shape index (κ3) is 5.90. The molecule has 12 rings (SSSR count). The lowest BCUT2D eigenvalue weighted by molar-refractivity contribution is 0.332. The van der Waals surface area contributed by atoms with E-state index in [-0.39, 0.29) is 39.2 Å². The van der Waals surface area contributed by atoms with Gasteiger partial charge in [0.05, 0.1) is 0 Å². The van der Waals surface area contributed by atoms with Crippen molar-refractivity contribution in [1.29, 1.82) is 0 Å². The van der Waals surface area contributed by atoms with Crippen LogP contribution in [0.15, 0.2) is 97.1 Å². The lowest BCUT2D eigenvalue weighted by Gasteiger charge is -2.49. The minimum Gasteiger partial charge on any atom is -0.311 e. The van der Waals surface area contributed by atoms with Crippen LogP contribution < -0.4 is 26.2 Å². The molecule has 1 aromatic heterocycles. The smallest absolute Gasteiger partial charge is 0.252 e. The number of fused-ring (bicyclic) bond motifs is 10. The Morgan fingerprint density at radius 3 is 1.38 bits per heavy atom. The highest BCUT2D eigenvalue weighted by atomic mass is 32.1. The van der Waals surface area contributed by atoms with Gasteiger partial charge in [0.15, 0.2) is 0 Å². The summed E-state index contributed by atoms with van der Waals surface area (Å²) in [7, 11) is 0. The SMILES string of the molecule is [2H]C([2H])([2H])c1cc2c3c(c1)N(c1ccc4sc5ccccc5c4c1)c1cc4c(cc1B3c1cc3c(cc1N2c1ccc2c(c1)C(C)(C)CCC2(C)C)C(C)(C)CCC3(C)C)C(C)(C)CCC4(C)C. The maximum Gasteiger partial charge on any atom is 0.252 e. The quantitative estimate of drug-likeness (QED) is 0.160. The molecular weight excluding hydrogens is 804 g/mol. The van der Waals surface area contributed by atoms with Crippen LogP contribution in [-0.2, 0) is 32.5 Å². The summed E-state index contributed by atoms with van der Waals surface area (Å²) in [6, 6.07) is 37.4. The van der Waals surface area contributed by atoms with Gasteiger partial charge in [0.2, 0.25) is 0 Å². The van der Waals surface area contributed by atoms with Gasteiger partial charge < -0.3 is 9.80 Å². The van der Waals surface area contributed by atoms with E-state index in [2.05, 4.69) is 184 Å². The molecule has 0 N–H and O–H groups in total. The molecule has 7 aromatic rings. The average Bonchev–Trinajstić information content (AvgIpc) is 3.65. The van der Waals surface area contributed by atoms with E-state index in [1.165, 1.54) is 75.6 Å². The molecule has 6 aromatic carbocycles. The molecule has 0 bridgehead atoms. The number of anilines is 6. The number of thiophene rings is 1. The normalized spacial score (nSPS) is 21.8. The van der Waals surface area contributed by atoms with Gasteiger partial charge >= 0.3 is 0 Å². The van der Waals surface area contributed by atoms with Crippen LogP contribution in [0.25, 0.3) is 20.2 Å². The Morgan fingerprint density at radius 2 is 0.862 bits per heavy atom. The van der Waals surface area contributed by atoms with Crippen LogP contribution >= 0.6 is 11.3 Å². The Labute approximate surface area is 397 Å². The predicted molar refractivity (Wildman–Crippen MR) is 284 cm³/mol. The summed E-state index contributed by atoms with van der Waals surface area (Å²) < 4.78 is 30.1. The molecule has 330 valence electrons. The summed E-state index contributed by atoms with van der Waals surface area (Å²) in [4.78, 5) is 4.97. The molecule has 0 saturated heterocycles. The van der Waals surface area contributed by atoms with E-state index in [1.807, 2.05) is 17.4 Å². The van der Waals surface area contributed by atoms with E-state index in [4.69, 9.17) is 0 Å². The molecule has 3 heterocycles. The average molecular weight is 874 g/mol. The second-order valence-electron chi connectivity index (χ2n) is 24.8. The van der Waals surface area contributed by atoms with Crippen LogP contribution in [0.4, 0.5) is 34.1 Å². The first kappa shape index (κ1) is 38.3. The number of hydrogen-bond acceptors (Lipinski definition) is 3. The van der Waals surface area contributed by atoms with Gasteiger partial charge in [-0.05, 0) is 194 Å². The van der Waals surface area contributed by atoms with Crippen molar-refractivity contribution in [2.45, 2.75) is 161 Å². The lowest BCUT2D eigenvalue weighted by Crippen LogP contribution is -2.62. The summed E-state index contributed by atoms with van der Waals surface area (Å²) in [5, 5.41) is 2.49. The lowest BCUT2D eigenvalue weighted by atomic mass is 9.32. The molecule has 3 aliphatic carbocycles. The molecule has 0 amide bonds. The highest BCUT2D eigenvalue weighted by Gasteiger charge is 2.49. The number of aryl methyl sites for hydroxylation is 1. The Hall–Kier alpha value is -4.80. The highest BCUT2D eigenvalue weighted by Crippen LogP contribution is 2.54.